The monoisotopic (exact) mass is 146 g/mol. The van der Waals surface area contributed by atoms with E-state index in [1.165, 1.54) is 11.1 Å². The van der Waals surface area contributed by atoms with Gasteiger partial charge in [0.25, 0.3) is 0 Å². The normalized spacial score (nSPS) is 14.4. The number of fused-ring (bicyclic) bond motifs is 1. The first-order chi connectivity index (χ1) is 5.25. The van der Waals surface area contributed by atoms with Crippen molar-refractivity contribution < 1.29 is 0 Å². The molecule has 0 fully saturated rings. The Labute approximate surface area is 65.5 Å². The summed E-state index contributed by atoms with van der Waals surface area (Å²) in [5.74, 6) is 0. The summed E-state index contributed by atoms with van der Waals surface area (Å²) in [4.78, 5) is 0. The van der Waals surface area contributed by atoms with E-state index in [4.69, 9.17) is 11.5 Å². The fourth-order valence-electron chi connectivity index (χ4n) is 1.38. The first-order valence-electron chi connectivity index (χ1n) is 3.60. The summed E-state index contributed by atoms with van der Waals surface area (Å²) in [6.45, 7) is 0. The van der Waals surface area contributed by atoms with Gasteiger partial charge in [0.2, 0.25) is 0 Å². The number of allylic oxidation sites excluding steroid dienone is 1. The van der Waals surface area contributed by atoms with E-state index in [1.807, 2.05) is 24.3 Å². The predicted octanol–water partition coefficient (Wildman–Crippen LogP) is 1.12. The fourth-order valence-corrected chi connectivity index (χ4v) is 1.38. The highest BCUT2D eigenvalue weighted by Crippen LogP contribution is 2.23. The predicted molar refractivity (Wildman–Crippen MR) is 46.7 cm³/mol. The van der Waals surface area contributed by atoms with Crippen LogP contribution in [0.25, 0.3) is 6.08 Å². The van der Waals surface area contributed by atoms with E-state index in [0.29, 0.717) is 0 Å². The number of hydrogen-bond donors (Lipinski definition) is 2. The van der Waals surface area contributed by atoms with Crippen LogP contribution in [0.5, 0.6) is 0 Å². The van der Waals surface area contributed by atoms with E-state index in [1.54, 1.807) is 0 Å². The molecule has 0 saturated heterocycles. The molecular weight excluding hydrogens is 136 g/mol. The summed E-state index contributed by atoms with van der Waals surface area (Å²) in [7, 11) is 0. The van der Waals surface area contributed by atoms with Gasteiger partial charge in [0.15, 0.2) is 0 Å². The van der Waals surface area contributed by atoms with Crippen LogP contribution in [0.1, 0.15) is 11.1 Å². The van der Waals surface area contributed by atoms with Crippen molar-refractivity contribution >= 4 is 11.8 Å². The van der Waals surface area contributed by atoms with Gasteiger partial charge in [-0.2, -0.15) is 0 Å². The summed E-state index contributed by atoms with van der Waals surface area (Å²) in [6, 6.07) is 5.89. The lowest BCUT2D eigenvalue weighted by atomic mass is 10.1. The van der Waals surface area contributed by atoms with E-state index >= 15 is 0 Å². The molecule has 1 aromatic carbocycles. The van der Waals surface area contributed by atoms with Crippen LogP contribution in [-0.2, 0) is 6.42 Å². The molecule has 1 aliphatic rings. The zero-order chi connectivity index (χ0) is 7.84. The lowest BCUT2D eigenvalue weighted by molar-refractivity contribution is 1.16. The van der Waals surface area contributed by atoms with Gasteiger partial charge in [-0.15, -0.1) is 0 Å². The minimum absolute atomic E-state index is 0.801. The molecule has 0 atom stereocenters. The molecular formula is C9H10N2. The van der Waals surface area contributed by atoms with E-state index in [0.717, 1.165) is 17.8 Å². The van der Waals surface area contributed by atoms with Crippen LogP contribution < -0.4 is 11.5 Å². The molecule has 1 aliphatic carbocycles. The molecule has 0 radical (unpaired) electrons. The van der Waals surface area contributed by atoms with Gasteiger partial charge in [-0.1, -0.05) is 6.07 Å². The molecule has 4 N–H and O–H groups in total. The second-order valence-corrected chi connectivity index (χ2v) is 2.85. The highest BCUT2D eigenvalue weighted by atomic mass is 14.6. The summed E-state index contributed by atoms with van der Waals surface area (Å²) >= 11 is 0. The van der Waals surface area contributed by atoms with Crippen LogP contribution >= 0.6 is 0 Å². The topological polar surface area (TPSA) is 52.0 Å². The quantitative estimate of drug-likeness (QED) is 0.539. The van der Waals surface area contributed by atoms with Crippen LogP contribution in [-0.4, -0.2) is 0 Å². The maximum absolute atomic E-state index is 5.66. The van der Waals surface area contributed by atoms with Crippen molar-refractivity contribution in [3.8, 4) is 0 Å². The van der Waals surface area contributed by atoms with Crippen molar-refractivity contribution in [1.29, 1.82) is 0 Å². The Hall–Kier alpha value is -1.44. The van der Waals surface area contributed by atoms with Crippen molar-refractivity contribution in [1.82, 2.24) is 0 Å². The zero-order valence-corrected chi connectivity index (χ0v) is 6.17. The highest BCUT2D eigenvalue weighted by molar-refractivity contribution is 5.66. The van der Waals surface area contributed by atoms with E-state index < -0.39 is 0 Å². The van der Waals surface area contributed by atoms with Gasteiger partial charge < -0.3 is 11.5 Å². The van der Waals surface area contributed by atoms with Crippen molar-refractivity contribution in [2.75, 3.05) is 5.73 Å². The molecule has 0 spiro atoms. The zero-order valence-electron chi connectivity index (χ0n) is 6.17. The second kappa shape index (κ2) is 2.02. The molecule has 2 nitrogen and oxygen atoms in total. The molecule has 0 heterocycles. The molecule has 2 heteroatoms. The van der Waals surface area contributed by atoms with Crippen LogP contribution in [0.15, 0.2) is 23.9 Å². The van der Waals surface area contributed by atoms with Gasteiger partial charge in [-0.3, -0.25) is 0 Å². The molecule has 2 rings (SSSR count). The summed E-state index contributed by atoms with van der Waals surface area (Å²) in [6.07, 6.45) is 2.85. The van der Waals surface area contributed by atoms with Gasteiger partial charge in [0, 0.05) is 17.8 Å². The molecule has 0 saturated carbocycles. The van der Waals surface area contributed by atoms with Crippen LogP contribution in [0, 0.1) is 0 Å². The molecule has 0 unspecified atom stereocenters. The van der Waals surface area contributed by atoms with Crippen molar-refractivity contribution in [3.05, 3.63) is 35.0 Å². The molecule has 0 aromatic heterocycles. The number of benzene rings is 1. The van der Waals surface area contributed by atoms with Crippen LogP contribution in [0.3, 0.4) is 0 Å². The summed E-state index contributed by atoms with van der Waals surface area (Å²) in [5, 5.41) is 0. The number of rotatable bonds is 0. The molecule has 0 aliphatic heterocycles. The standard InChI is InChI=1S/C9H10N2/c10-8-2-1-6-3-9(11)5-7(6)4-8/h1-2,4-5H,3,10-11H2. The van der Waals surface area contributed by atoms with E-state index in [9.17, 15) is 0 Å². The Bertz CT molecular complexity index is 326. The first kappa shape index (κ1) is 6.28. The lowest BCUT2D eigenvalue weighted by Crippen LogP contribution is -1.94. The molecule has 0 amide bonds. The minimum atomic E-state index is 0.801. The van der Waals surface area contributed by atoms with Gasteiger partial charge in [0.1, 0.15) is 0 Å². The Morgan fingerprint density at radius 2 is 2.00 bits per heavy atom. The number of anilines is 1. The van der Waals surface area contributed by atoms with Gasteiger partial charge in [-0.05, 0) is 29.3 Å². The number of hydrogen-bond acceptors (Lipinski definition) is 2. The Kier molecular flexibility index (Phi) is 1.15. The number of nitrogens with two attached hydrogens (primary N) is 2. The second-order valence-electron chi connectivity index (χ2n) is 2.85. The maximum atomic E-state index is 5.66. The van der Waals surface area contributed by atoms with Crippen LogP contribution in [0.4, 0.5) is 5.69 Å². The smallest absolute Gasteiger partial charge is 0.0320 e. The molecule has 0 bridgehead atoms. The molecule has 1 aromatic rings. The number of nitrogen functional groups attached to an aromatic ring is 1. The van der Waals surface area contributed by atoms with Gasteiger partial charge in [0.05, 0.1) is 0 Å². The van der Waals surface area contributed by atoms with Crippen LogP contribution in [0.2, 0.25) is 0 Å². The first-order valence-corrected chi connectivity index (χ1v) is 3.60. The van der Waals surface area contributed by atoms with Gasteiger partial charge in [-0.25, -0.2) is 0 Å². The van der Waals surface area contributed by atoms with E-state index in [2.05, 4.69) is 0 Å². The fraction of sp³-hybridized carbons (Fsp3) is 0.111. The largest absolute Gasteiger partial charge is 0.402 e. The highest BCUT2D eigenvalue weighted by Gasteiger charge is 2.08. The van der Waals surface area contributed by atoms with Crippen molar-refractivity contribution in [3.63, 3.8) is 0 Å². The Balaban J connectivity index is 2.54. The third kappa shape index (κ3) is 0.963. The van der Waals surface area contributed by atoms with Gasteiger partial charge >= 0.3 is 0 Å². The molecule has 11 heavy (non-hydrogen) atoms. The van der Waals surface area contributed by atoms with Crippen molar-refractivity contribution in [2.24, 2.45) is 5.73 Å². The average Bonchev–Trinajstić information content (AvgIpc) is 2.27. The molecule has 56 valence electrons. The third-order valence-corrected chi connectivity index (χ3v) is 1.91. The Morgan fingerprint density at radius 3 is 2.82 bits per heavy atom. The summed E-state index contributed by atoms with van der Waals surface area (Å²) in [5.41, 5.74) is 15.4. The summed E-state index contributed by atoms with van der Waals surface area (Å²) < 4.78 is 0. The average molecular weight is 146 g/mol. The van der Waals surface area contributed by atoms with E-state index in [-0.39, 0.29) is 0 Å². The third-order valence-electron chi connectivity index (χ3n) is 1.91. The maximum Gasteiger partial charge on any atom is 0.0320 e. The minimum Gasteiger partial charge on any atom is -0.402 e. The lowest BCUT2D eigenvalue weighted by Gasteiger charge is -1.98. The SMILES string of the molecule is NC1=Cc2cc(N)ccc2C1. The Morgan fingerprint density at radius 1 is 1.18 bits per heavy atom. The van der Waals surface area contributed by atoms with Crippen molar-refractivity contribution in [2.45, 2.75) is 6.42 Å².